The Balaban J connectivity index is 2.29. The van der Waals surface area contributed by atoms with E-state index in [-0.39, 0.29) is 5.41 Å². The standard InChI is InChI=1S/C18H15Cl/c1-4-5-12-6-8-14-15-9-7-13(19)11-17(15)18(2,3)16(14)10-12/h6-11H,1-3H3. The first kappa shape index (κ1) is 12.3. The third kappa shape index (κ3) is 1.78. The molecular weight excluding hydrogens is 252 g/mol. The van der Waals surface area contributed by atoms with Crippen LogP contribution in [-0.4, -0.2) is 0 Å². The lowest BCUT2D eigenvalue weighted by Gasteiger charge is -2.21. The van der Waals surface area contributed by atoms with Gasteiger partial charge in [0.2, 0.25) is 0 Å². The van der Waals surface area contributed by atoms with Crippen molar-refractivity contribution in [1.82, 2.24) is 0 Å². The number of hydrogen-bond acceptors (Lipinski definition) is 0. The molecule has 1 aliphatic carbocycles. The Bertz CT molecular complexity index is 727. The lowest BCUT2D eigenvalue weighted by Crippen LogP contribution is -2.15. The SMILES string of the molecule is CC#Cc1ccc2c(c1)C(C)(C)c1cc(Cl)ccc1-2. The van der Waals surface area contributed by atoms with Crippen molar-refractivity contribution in [2.75, 3.05) is 0 Å². The molecule has 0 aromatic heterocycles. The first-order valence-corrected chi connectivity index (χ1v) is 6.79. The van der Waals surface area contributed by atoms with Gasteiger partial charge in [-0.3, -0.25) is 0 Å². The molecular formula is C18H15Cl. The van der Waals surface area contributed by atoms with E-state index < -0.39 is 0 Å². The van der Waals surface area contributed by atoms with Gasteiger partial charge < -0.3 is 0 Å². The Morgan fingerprint density at radius 3 is 2.26 bits per heavy atom. The van der Waals surface area contributed by atoms with Crippen molar-refractivity contribution in [3.8, 4) is 23.0 Å². The maximum Gasteiger partial charge on any atom is 0.0409 e. The second kappa shape index (κ2) is 4.15. The van der Waals surface area contributed by atoms with Crippen LogP contribution in [0.4, 0.5) is 0 Å². The van der Waals surface area contributed by atoms with E-state index >= 15 is 0 Å². The molecule has 2 aromatic rings. The molecule has 0 amide bonds. The van der Waals surface area contributed by atoms with E-state index in [9.17, 15) is 0 Å². The van der Waals surface area contributed by atoms with Crippen LogP contribution in [0.3, 0.4) is 0 Å². The van der Waals surface area contributed by atoms with Gasteiger partial charge in [0, 0.05) is 16.0 Å². The molecule has 19 heavy (non-hydrogen) atoms. The Kier molecular flexibility index (Phi) is 2.69. The van der Waals surface area contributed by atoms with Crippen LogP contribution >= 0.6 is 11.6 Å². The van der Waals surface area contributed by atoms with Crippen molar-refractivity contribution in [2.45, 2.75) is 26.2 Å². The molecule has 0 spiro atoms. The molecule has 0 saturated heterocycles. The number of hydrogen-bond donors (Lipinski definition) is 0. The topological polar surface area (TPSA) is 0 Å². The van der Waals surface area contributed by atoms with E-state index in [1.165, 1.54) is 22.3 Å². The zero-order valence-electron chi connectivity index (χ0n) is 11.3. The lowest BCUT2D eigenvalue weighted by molar-refractivity contribution is 0.660. The van der Waals surface area contributed by atoms with E-state index in [1.54, 1.807) is 0 Å². The van der Waals surface area contributed by atoms with Crippen molar-refractivity contribution < 1.29 is 0 Å². The molecule has 0 aliphatic heterocycles. The van der Waals surface area contributed by atoms with Crippen LogP contribution in [0.2, 0.25) is 5.02 Å². The molecule has 0 unspecified atom stereocenters. The zero-order valence-corrected chi connectivity index (χ0v) is 12.1. The normalized spacial score (nSPS) is 14.3. The van der Waals surface area contributed by atoms with E-state index in [0.717, 1.165) is 10.6 Å². The van der Waals surface area contributed by atoms with Gasteiger partial charge in [-0.25, -0.2) is 0 Å². The molecule has 2 aromatic carbocycles. The highest BCUT2D eigenvalue weighted by atomic mass is 35.5. The van der Waals surface area contributed by atoms with Crippen LogP contribution in [0.5, 0.6) is 0 Å². The second-order valence-corrected chi connectivity index (χ2v) is 5.89. The smallest absolute Gasteiger partial charge is 0.0409 e. The highest BCUT2D eigenvalue weighted by Crippen LogP contribution is 2.49. The van der Waals surface area contributed by atoms with Crippen molar-refractivity contribution in [1.29, 1.82) is 0 Å². The molecule has 3 rings (SSSR count). The summed E-state index contributed by atoms with van der Waals surface area (Å²) in [5.74, 6) is 6.10. The summed E-state index contributed by atoms with van der Waals surface area (Å²) >= 11 is 6.15. The zero-order chi connectivity index (χ0) is 13.6. The summed E-state index contributed by atoms with van der Waals surface area (Å²) in [6.07, 6.45) is 0. The van der Waals surface area contributed by atoms with Gasteiger partial charge >= 0.3 is 0 Å². The average Bonchev–Trinajstić information content (AvgIpc) is 2.59. The summed E-state index contributed by atoms with van der Waals surface area (Å²) in [4.78, 5) is 0. The molecule has 0 atom stereocenters. The average molecular weight is 267 g/mol. The fraction of sp³-hybridized carbons (Fsp3) is 0.222. The minimum atomic E-state index is -0.0129. The number of benzene rings is 2. The molecule has 0 fully saturated rings. The summed E-state index contributed by atoms with van der Waals surface area (Å²) in [5, 5.41) is 0.799. The minimum Gasteiger partial charge on any atom is -0.101 e. The Morgan fingerprint density at radius 2 is 1.58 bits per heavy atom. The third-order valence-corrected chi connectivity index (χ3v) is 4.14. The van der Waals surface area contributed by atoms with Crippen LogP contribution in [-0.2, 0) is 5.41 Å². The van der Waals surface area contributed by atoms with Crippen LogP contribution in [0, 0.1) is 11.8 Å². The first-order valence-electron chi connectivity index (χ1n) is 6.42. The van der Waals surface area contributed by atoms with Gasteiger partial charge in [-0.05, 0) is 53.4 Å². The van der Waals surface area contributed by atoms with Gasteiger partial charge in [0.25, 0.3) is 0 Å². The molecule has 0 radical (unpaired) electrons. The summed E-state index contributed by atoms with van der Waals surface area (Å²) in [7, 11) is 0. The van der Waals surface area contributed by atoms with E-state index in [0.29, 0.717) is 0 Å². The maximum atomic E-state index is 6.15. The third-order valence-electron chi connectivity index (χ3n) is 3.91. The van der Waals surface area contributed by atoms with Crippen molar-refractivity contribution in [3.63, 3.8) is 0 Å². The van der Waals surface area contributed by atoms with Crippen LogP contribution in [0.25, 0.3) is 11.1 Å². The molecule has 0 saturated carbocycles. The lowest BCUT2D eigenvalue weighted by atomic mass is 9.82. The van der Waals surface area contributed by atoms with Gasteiger partial charge in [-0.2, -0.15) is 0 Å². The quantitative estimate of drug-likeness (QED) is 0.588. The number of halogens is 1. The Labute approximate surface area is 119 Å². The van der Waals surface area contributed by atoms with E-state index in [1.807, 2.05) is 13.0 Å². The van der Waals surface area contributed by atoms with Crippen LogP contribution in [0.1, 0.15) is 37.5 Å². The first-order chi connectivity index (χ1) is 9.04. The molecule has 0 nitrogen and oxygen atoms in total. The molecule has 1 heteroatoms. The summed E-state index contributed by atoms with van der Waals surface area (Å²) in [6.45, 7) is 6.36. The summed E-state index contributed by atoms with van der Waals surface area (Å²) in [5.41, 5.74) is 6.30. The largest absolute Gasteiger partial charge is 0.101 e. The van der Waals surface area contributed by atoms with Gasteiger partial charge in [0.15, 0.2) is 0 Å². The summed E-state index contributed by atoms with van der Waals surface area (Å²) in [6, 6.07) is 12.6. The molecule has 94 valence electrons. The minimum absolute atomic E-state index is 0.0129. The highest BCUT2D eigenvalue weighted by molar-refractivity contribution is 6.30. The second-order valence-electron chi connectivity index (χ2n) is 5.45. The van der Waals surface area contributed by atoms with Crippen molar-refractivity contribution >= 4 is 11.6 Å². The van der Waals surface area contributed by atoms with Crippen molar-refractivity contribution in [3.05, 3.63) is 58.1 Å². The fourth-order valence-corrected chi connectivity index (χ4v) is 3.10. The molecule has 0 heterocycles. The van der Waals surface area contributed by atoms with E-state index in [2.05, 4.69) is 56.0 Å². The van der Waals surface area contributed by atoms with Crippen molar-refractivity contribution in [2.24, 2.45) is 0 Å². The number of rotatable bonds is 0. The molecule has 1 aliphatic rings. The molecule has 0 N–H and O–H groups in total. The Morgan fingerprint density at radius 1 is 0.947 bits per heavy atom. The monoisotopic (exact) mass is 266 g/mol. The number of fused-ring (bicyclic) bond motifs is 3. The van der Waals surface area contributed by atoms with Gasteiger partial charge in [-0.15, -0.1) is 5.92 Å². The Hall–Kier alpha value is -1.71. The van der Waals surface area contributed by atoms with Gasteiger partial charge in [0.1, 0.15) is 0 Å². The fourth-order valence-electron chi connectivity index (χ4n) is 2.93. The van der Waals surface area contributed by atoms with Gasteiger partial charge in [-0.1, -0.05) is 43.5 Å². The summed E-state index contributed by atoms with van der Waals surface area (Å²) < 4.78 is 0. The predicted octanol–water partition coefficient (Wildman–Crippen LogP) is 5.02. The maximum absolute atomic E-state index is 6.15. The van der Waals surface area contributed by atoms with Gasteiger partial charge in [0.05, 0.1) is 0 Å². The highest BCUT2D eigenvalue weighted by Gasteiger charge is 2.35. The van der Waals surface area contributed by atoms with E-state index in [4.69, 9.17) is 11.6 Å². The van der Waals surface area contributed by atoms with Crippen LogP contribution in [0.15, 0.2) is 36.4 Å². The molecule has 0 bridgehead atoms. The predicted molar refractivity (Wildman–Crippen MR) is 81.6 cm³/mol. The van der Waals surface area contributed by atoms with Crippen LogP contribution < -0.4 is 0 Å².